The molecule has 0 aliphatic heterocycles. The third kappa shape index (κ3) is 26.4. The number of aromatic nitrogens is 2. The monoisotopic (exact) mass is 1540 g/mol. The maximum atomic E-state index is 15.6. The van der Waals surface area contributed by atoms with Crippen molar-refractivity contribution in [2.75, 3.05) is 20.3 Å². The van der Waals surface area contributed by atoms with Gasteiger partial charge in [-0.2, -0.15) is 0 Å². The Labute approximate surface area is 640 Å². The van der Waals surface area contributed by atoms with Crippen LogP contribution in [0, 0.1) is 12.7 Å². The number of aryl methyl sites for hydroxylation is 2. The van der Waals surface area contributed by atoms with E-state index in [1.165, 1.54) is 44.6 Å². The molecule has 5 aromatic carbocycles. The Balaban J connectivity index is 1.18. The summed E-state index contributed by atoms with van der Waals surface area (Å²) >= 11 is 0. The summed E-state index contributed by atoms with van der Waals surface area (Å²) in [6.45, 7) is 8.34. The van der Waals surface area contributed by atoms with Crippen LogP contribution in [0.15, 0.2) is 128 Å². The van der Waals surface area contributed by atoms with Gasteiger partial charge >= 0.3 is 11.9 Å². The lowest BCUT2D eigenvalue weighted by molar-refractivity contribution is -0.142. The highest BCUT2D eigenvalue weighted by molar-refractivity contribution is 6.01. The van der Waals surface area contributed by atoms with Gasteiger partial charge in [0.15, 0.2) is 0 Å². The summed E-state index contributed by atoms with van der Waals surface area (Å²) < 4.78 is 21.0. The maximum absolute atomic E-state index is 15.6. The number of nitrogens with one attached hydrogen (secondary N) is 11. The van der Waals surface area contributed by atoms with Gasteiger partial charge in [0.1, 0.15) is 64.9 Å². The van der Waals surface area contributed by atoms with E-state index in [1.54, 1.807) is 56.5 Å². The molecule has 11 amide bonds. The second kappa shape index (κ2) is 41.6. The molecule has 0 aliphatic rings. The third-order valence-corrected chi connectivity index (χ3v) is 18.3. The average Bonchev–Trinajstić information content (AvgIpc) is 1.16. The zero-order chi connectivity index (χ0) is 81.9. The molecule has 6 aromatic rings. The van der Waals surface area contributed by atoms with Crippen LogP contribution in [0.5, 0.6) is 5.75 Å². The van der Waals surface area contributed by atoms with Crippen LogP contribution < -0.4 is 69.4 Å². The van der Waals surface area contributed by atoms with Crippen molar-refractivity contribution in [1.29, 1.82) is 0 Å². The highest BCUT2D eigenvalue weighted by Crippen LogP contribution is 2.29. The normalized spacial score (nSPS) is 14.2. The molecule has 6 rings (SSSR count). The van der Waals surface area contributed by atoms with Gasteiger partial charge in [0.05, 0.1) is 45.2 Å². The number of carboxylic acid groups (broad SMARTS) is 2. The lowest BCUT2D eigenvalue weighted by Gasteiger charge is -2.34. The van der Waals surface area contributed by atoms with Gasteiger partial charge in [0.25, 0.3) is 0 Å². The number of carbonyl (C=O) groups is 13. The highest BCUT2D eigenvalue weighted by atomic mass is 19.1. The van der Waals surface area contributed by atoms with Crippen molar-refractivity contribution in [3.8, 4) is 28.0 Å². The van der Waals surface area contributed by atoms with E-state index in [1.807, 2.05) is 62.4 Å². The van der Waals surface area contributed by atoms with E-state index in [0.29, 0.717) is 35.4 Å². The number of hydrogen-bond donors (Lipinski definition) is 17. The fourth-order valence-electron chi connectivity index (χ4n) is 11.9. The van der Waals surface area contributed by atoms with E-state index in [-0.39, 0.29) is 37.7 Å². The summed E-state index contributed by atoms with van der Waals surface area (Å²) in [7, 11) is 1.55. The fourth-order valence-corrected chi connectivity index (χ4v) is 11.9. The number of rotatable bonds is 43. The summed E-state index contributed by atoms with van der Waals surface area (Å²) in [5.41, 5.74) is 14.9. The number of carbonyl (C=O) groups excluding carboxylic acids is 11. The molecule has 0 saturated heterocycles. The number of aromatic amines is 1. The molecular formula is C78H99FN14O18. The minimum atomic E-state index is -2.31. The van der Waals surface area contributed by atoms with E-state index >= 15 is 4.39 Å². The number of carboxylic acids is 2. The number of primary amides is 1. The van der Waals surface area contributed by atoms with Crippen LogP contribution in [0.4, 0.5) is 4.39 Å². The zero-order valence-corrected chi connectivity index (χ0v) is 63.0. The summed E-state index contributed by atoms with van der Waals surface area (Å²) in [5, 5.41) is 65.3. The topological polar surface area (TPSA) is 513 Å². The smallest absolute Gasteiger partial charge is 0.305 e. The van der Waals surface area contributed by atoms with Crippen molar-refractivity contribution in [1.82, 2.24) is 63.1 Å². The largest absolute Gasteiger partial charge is 0.497 e. The van der Waals surface area contributed by atoms with Crippen molar-refractivity contribution < 1.29 is 91.9 Å². The molecule has 0 bridgehead atoms. The molecule has 33 heteroatoms. The minimum absolute atomic E-state index is 0.0254. The van der Waals surface area contributed by atoms with Crippen LogP contribution in [-0.4, -0.2) is 193 Å². The van der Waals surface area contributed by atoms with Crippen LogP contribution in [0.25, 0.3) is 22.3 Å². The number of methoxy groups -OCH3 is 1. The van der Waals surface area contributed by atoms with Crippen molar-refractivity contribution in [2.24, 2.45) is 11.5 Å². The number of benzene rings is 5. The highest BCUT2D eigenvalue weighted by Gasteiger charge is 2.42. The lowest BCUT2D eigenvalue weighted by atomic mass is 9.90. The number of hydrogen-bond acceptors (Lipinski definition) is 18. The SMILES string of the molecule is CCCC[C@H](NC(=O)CNC(=O)[C@H](CCC(=O)O)NC(=O)C(C)(C)NC(=O)[C@@H](N)Cc1cnc[nH]1)C(=O)N[C@@](C)(Cc1ccccc1F)C(=O)N[C@H](C(=O)N[C@@H](CO)C(=O)N[C@@H](CC(=O)O)C(=O)N[C@@H](Cc1ccc(-c2ccc(OC)cc2CC)cc1)C(=O)N[C@@H](Cc1ccc(-c2ccccc2C)cc1)C(N)=O)[C@@H](C)O. The molecule has 0 fully saturated rings. The first kappa shape index (κ1) is 87.9. The van der Waals surface area contributed by atoms with Crippen LogP contribution in [-0.2, 0) is 94.4 Å². The Morgan fingerprint density at radius 2 is 1.19 bits per heavy atom. The molecule has 0 unspecified atom stereocenters. The summed E-state index contributed by atoms with van der Waals surface area (Å²) in [5.74, 6) is -15.2. The Hall–Kier alpha value is -12.0. The molecule has 10 atom stereocenters. The first-order valence-corrected chi connectivity index (χ1v) is 36.0. The second-order valence-corrected chi connectivity index (χ2v) is 27.6. The standard InChI is InChI=1S/C78H99FN14O18/c1-9-11-20-57(85-63(96)40-83-69(103)58(31-32-64(97)98)90-75(109)77(5,6)92-68(102)56(80)36-51-39-82-42-84-51)73(107)93-78(7,38-50-17-13-15-19-55(50)79)76(110)91-66(44(4)95)74(108)89-62(41-94)72(106)88-61(37-65(99)100)71(105)87-60(34-46-23-27-49(28-24-46)54-30-29-52(111-8)35-47(54)10-2)70(104)86-59(67(81)101)33-45-21-25-48(26-22-45)53-18-14-12-16-43(53)3/h12-19,21-30,35,39,42,44,56-62,66,94-95H,9-11,20,31-34,36-38,40-41,80H2,1-8H3,(H2,81,101)(H,82,84)(H,83,103)(H,85,96)(H,86,104)(H,87,105)(H,88,106)(H,89,108)(H,90,109)(H,91,110)(H,92,102)(H,93,107)(H,97,98)(H,99,100)/t44-,56+,57+,58+,59+,60+,61+,62+,66+,78+/m1/s1. The van der Waals surface area contributed by atoms with E-state index in [4.69, 9.17) is 16.2 Å². The number of aliphatic hydroxyl groups is 2. The predicted octanol–water partition coefficient (Wildman–Crippen LogP) is 1.03. The molecule has 1 heterocycles. The number of aliphatic carboxylic acids is 2. The lowest BCUT2D eigenvalue weighted by Crippen LogP contribution is -2.66. The average molecular weight is 1540 g/mol. The number of H-pyrrole nitrogens is 1. The molecule has 596 valence electrons. The number of ether oxygens (including phenoxy) is 1. The minimum Gasteiger partial charge on any atom is -0.497 e. The first-order valence-electron chi connectivity index (χ1n) is 36.0. The van der Waals surface area contributed by atoms with Crippen molar-refractivity contribution in [3.63, 3.8) is 0 Å². The van der Waals surface area contributed by atoms with Crippen LogP contribution in [0.3, 0.4) is 0 Å². The first-order chi connectivity index (χ1) is 52.6. The Morgan fingerprint density at radius 3 is 1.77 bits per heavy atom. The molecule has 0 aliphatic carbocycles. The van der Waals surface area contributed by atoms with Crippen LogP contribution in [0.1, 0.15) is 114 Å². The predicted molar refractivity (Wildman–Crippen MR) is 404 cm³/mol. The molecular weight excluding hydrogens is 1440 g/mol. The molecule has 0 radical (unpaired) electrons. The van der Waals surface area contributed by atoms with Gasteiger partial charge in [-0.25, -0.2) is 9.37 Å². The van der Waals surface area contributed by atoms with Gasteiger partial charge in [-0.3, -0.25) is 62.3 Å². The Bertz CT molecular complexity index is 4280. The summed E-state index contributed by atoms with van der Waals surface area (Å²) in [6, 6.07) is 19.1. The number of halogens is 1. The molecule has 111 heavy (non-hydrogen) atoms. The van der Waals surface area contributed by atoms with Gasteiger partial charge in [-0.1, -0.05) is 124 Å². The van der Waals surface area contributed by atoms with Crippen LogP contribution in [0.2, 0.25) is 0 Å². The van der Waals surface area contributed by atoms with Gasteiger partial charge < -0.3 is 94.8 Å². The van der Waals surface area contributed by atoms with Gasteiger partial charge in [0, 0.05) is 44.0 Å². The van der Waals surface area contributed by atoms with Gasteiger partial charge in [0.2, 0.25) is 65.0 Å². The maximum Gasteiger partial charge on any atom is 0.305 e. The number of nitrogens with two attached hydrogens (primary N) is 2. The molecule has 0 saturated carbocycles. The quantitative estimate of drug-likeness (QED) is 0.0254. The Morgan fingerprint density at radius 1 is 0.604 bits per heavy atom. The molecule has 0 spiro atoms. The number of amides is 11. The van der Waals surface area contributed by atoms with Crippen molar-refractivity contribution in [2.45, 2.75) is 185 Å². The van der Waals surface area contributed by atoms with Gasteiger partial charge in [-0.05, 0) is 122 Å². The number of aliphatic hydroxyl groups excluding tert-OH is 2. The number of unbranched alkanes of at least 4 members (excludes halogenated alkanes) is 1. The van der Waals surface area contributed by atoms with Crippen LogP contribution >= 0.6 is 0 Å². The summed E-state index contributed by atoms with van der Waals surface area (Å²) in [4.78, 5) is 185. The third-order valence-electron chi connectivity index (χ3n) is 18.3. The van der Waals surface area contributed by atoms with Crippen molar-refractivity contribution >= 4 is 76.9 Å². The van der Waals surface area contributed by atoms with E-state index in [9.17, 15) is 82.8 Å². The van der Waals surface area contributed by atoms with E-state index < -0.39 is 187 Å². The molecule has 1 aromatic heterocycles. The molecule has 32 nitrogen and oxygen atoms in total. The molecule has 19 N–H and O–H groups in total. The Kier molecular flexibility index (Phi) is 32.9. The fraction of sp³-hybridized carbons (Fsp3) is 0.410. The number of nitrogens with zero attached hydrogens (tertiary/aromatic N) is 1. The second-order valence-electron chi connectivity index (χ2n) is 27.6. The van der Waals surface area contributed by atoms with Crippen molar-refractivity contribution in [3.05, 3.63) is 167 Å². The number of imidazole rings is 1. The summed E-state index contributed by atoms with van der Waals surface area (Å²) in [6.07, 6.45) is -1.07. The van der Waals surface area contributed by atoms with E-state index in [2.05, 4.69) is 63.1 Å². The van der Waals surface area contributed by atoms with E-state index in [0.717, 1.165) is 53.3 Å². The zero-order valence-electron chi connectivity index (χ0n) is 63.0. The van der Waals surface area contributed by atoms with Gasteiger partial charge in [-0.15, -0.1) is 0 Å².